The lowest BCUT2D eigenvalue weighted by molar-refractivity contribution is 0.0696. The molecule has 1 amide bonds. The number of aromatic nitrogens is 4. The van der Waals surface area contributed by atoms with Gasteiger partial charge < -0.3 is 29.4 Å². The summed E-state index contributed by atoms with van der Waals surface area (Å²) < 4.78 is 29.9. The Morgan fingerprint density at radius 2 is 1.34 bits per heavy atom. The number of halogens is 2. The van der Waals surface area contributed by atoms with E-state index in [0.29, 0.717) is 11.1 Å². The van der Waals surface area contributed by atoms with Gasteiger partial charge in [0.1, 0.15) is 0 Å². The summed E-state index contributed by atoms with van der Waals surface area (Å²) in [6, 6.07) is 11.3. The minimum atomic E-state index is -0.882. The number of carboxylic acids is 1. The number of imidazole rings is 2. The number of fused-ring (bicyclic) bond motifs is 2. The fraction of sp³-hybridized carbons (Fsp3) is 0.310. The molecule has 2 aromatic carbocycles. The average Bonchev–Trinajstić information content (AvgIpc) is 3.83. The van der Waals surface area contributed by atoms with Gasteiger partial charge in [0.2, 0.25) is 0 Å². The Morgan fingerprint density at radius 3 is 1.76 bits per heavy atom. The molecule has 0 radical (unpaired) electrons. The number of hydrogen-bond acceptors (Lipinski definition) is 6. The number of nitrogens with one attached hydrogen (secondary N) is 1. The zero-order valence-electron chi connectivity index (χ0n) is 25.2. The number of carbonyl (C=O) groups is 2. The Balaban J connectivity index is 0.000000212. The Bertz CT molecular complexity index is 1530. The van der Waals surface area contributed by atoms with Crippen LogP contribution in [0, 0.1) is 0 Å². The molecule has 0 bridgehead atoms. The first kappa shape index (κ1) is 27.8. The van der Waals surface area contributed by atoms with E-state index in [1.807, 2.05) is 60.1 Å². The molecular formula is C29H35F2N7O3. The summed E-state index contributed by atoms with van der Waals surface area (Å²) in [6.45, 7) is 3.39. The van der Waals surface area contributed by atoms with Crippen molar-refractivity contribution in [3.8, 4) is 0 Å². The van der Waals surface area contributed by atoms with Crippen LogP contribution in [-0.4, -0.2) is 56.2 Å². The molecule has 0 unspecified atom stereocenters. The third-order valence-corrected chi connectivity index (χ3v) is 7.11. The van der Waals surface area contributed by atoms with Crippen LogP contribution in [0.1, 0.15) is 46.2 Å². The number of aromatic carboxylic acids is 1. The van der Waals surface area contributed by atoms with Crippen molar-refractivity contribution in [2.24, 2.45) is 14.1 Å². The summed E-state index contributed by atoms with van der Waals surface area (Å²) in [6.07, 6.45) is 9.59. The molecule has 6 rings (SSSR count). The van der Waals surface area contributed by atoms with Crippen LogP contribution in [0.5, 0.6) is 0 Å². The van der Waals surface area contributed by atoms with Gasteiger partial charge in [-0.25, -0.2) is 14.8 Å². The Labute approximate surface area is 239 Å². The van der Waals surface area contributed by atoms with E-state index >= 15 is 0 Å². The maximum atomic E-state index is 11.7. The third-order valence-electron chi connectivity index (χ3n) is 7.11. The van der Waals surface area contributed by atoms with Crippen molar-refractivity contribution in [1.82, 2.24) is 24.4 Å². The summed E-state index contributed by atoms with van der Waals surface area (Å²) in [5.41, 5.74) is 7.77. The van der Waals surface area contributed by atoms with Gasteiger partial charge in [0.05, 0.1) is 42.7 Å². The van der Waals surface area contributed by atoms with Gasteiger partial charge in [-0.05, 0) is 48.2 Å². The Hall–Kier alpha value is -4.74. The number of rotatable bonds is 6. The molecule has 0 aliphatic carbocycles. The molecule has 4 aromatic rings. The molecule has 0 saturated heterocycles. The van der Waals surface area contributed by atoms with E-state index < -0.39 is 5.97 Å². The predicted molar refractivity (Wildman–Crippen MR) is 153 cm³/mol. The number of nitrogens with zero attached hydrogens (tertiary/aromatic N) is 6. The van der Waals surface area contributed by atoms with Crippen molar-refractivity contribution in [2.45, 2.75) is 25.9 Å². The van der Waals surface area contributed by atoms with E-state index in [1.54, 1.807) is 25.5 Å². The number of carboxylic acid groups (broad SMARTS) is 1. The van der Waals surface area contributed by atoms with Crippen LogP contribution in [0.2, 0.25) is 0 Å². The predicted octanol–water partition coefficient (Wildman–Crippen LogP) is 4.11. The molecule has 0 saturated carbocycles. The van der Waals surface area contributed by atoms with Crippen LogP contribution in [0.4, 0.5) is 20.5 Å². The van der Waals surface area contributed by atoms with Crippen LogP contribution < -0.4 is 15.1 Å². The Kier molecular flexibility index (Phi) is 8.87. The molecular weight excluding hydrogens is 532 g/mol. The maximum absolute atomic E-state index is 11.7. The number of aryl methyl sites for hydroxylation is 2. The highest BCUT2D eigenvalue weighted by molar-refractivity contribution is 5.95. The highest BCUT2D eigenvalue weighted by Gasteiger charge is 2.22. The second-order valence-electron chi connectivity index (χ2n) is 9.98. The first-order valence-corrected chi connectivity index (χ1v) is 13.1. The van der Waals surface area contributed by atoms with Crippen molar-refractivity contribution in [2.75, 3.05) is 29.9 Å². The van der Waals surface area contributed by atoms with E-state index in [-0.39, 0.29) is 5.91 Å². The van der Waals surface area contributed by atoms with Crippen molar-refractivity contribution in [1.29, 1.82) is 0 Å². The van der Waals surface area contributed by atoms with E-state index in [1.165, 1.54) is 11.1 Å². The number of carbonyl (C=O) groups excluding carboxylic acids is 1. The number of anilines is 2. The second-order valence-corrected chi connectivity index (χ2v) is 9.98. The molecule has 4 heterocycles. The lowest BCUT2D eigenvalue weighted by Crippen LogP contribution is -2.21. The van der Waals surface area contributed by atoms with E-state index in [9.17, 15) is 9.59 Å². The highest BCUT2D eigenvalue weighted by atomic mass is 20.0. The monoisotopic (exact) mass is 569 g/mol. The fourth-order valence-corrected chi connectivity index (χ4v) is 5.13. The van der Waals surface area contributed by atoms with Crippen LogP contribution >= 0.6 is 0 Å². The zero-order valence-corrected chi connectivity index (χ0v) is 23.2. The van der Waals surface area contributed by atoms with Crippen molar-refractivity contribution in [3.63, 3.8) is 0 Å². The lowest BCUT2D eigenvalue weighted by Gasteiger charge is -2.18. The number of benzene rings is 2. The van der Waals surface area contributed by atoms with Gasteiger partial charge in [-0.15, -0.1) is 0 Å². The van der Waals surface area contributed by atoms with Gasteiger partial charge in [0.25, 0.3) is 5.91 Å². The molecule has 218 valence electrons. The molecule has 2 aromatic heterocycles. The standard InChI is InChI=1S/C15H18N4O.C14H15N3O2.F2.H2/c1-16-15(20)12-4-3-11-5-6-19(14(11)7-12)9-13-8-18(2)10-17-13;1-16-7-12(15-9-16)8-17-5-4-10-2-3-11(14(18)19)6-13(10)17;1-2;/h3-4,7-8,10H,5-6,9H2,1-2H3,(H,16,20);2-3,6-7,9H,4-5,8H2,1H3,(H,18,19);;1H/i;;;1+1D. The first-order valence-electron chi connectivity index (χ1n) is 14.1. The molecule has 2 aliphatic heterocycles. The summed E-state index contributed by atoms with van der Waals surface area (Å²) in [5, 5.41) is 11.7. The molecule has 0 fully saturated rings. The minimum Gasteiger partial charge on any atom is -0.478 e. The van der Waals surface area contributed by atoms with Gasteiger partial charge in [-0.3, -0.25) is 4.79 Å². The molecule has 0 spiro atoms. The van der Waals surface area contributed by atoms with E-state index in [2.05, 4.69) is 31.2 Å². The number of amides is 1. The van der Waals surface area contributed by atoms with Crippen LogP contribution in [0.15, 0.2) is 61.4 Å². The third kappa shape index (κ3) is 6.89. The van der Waals surface area contributed by atoms with E-state index in [4.69, 9.17) is 17.2 Å². The summed E-state index contributed by atoms with van der Waals surface area (Å²) in [5.74, 6) is -0.926. The quantitative estimate of drug-likeness (QED) is 0.360. The zero-order chi connectivity index (χ0) is 31.5. The molecule has 2 N–H and O–H groups in total. The Morgan fingerprint density at radius 1 is 0.878 bits per heavy atom. The van der Waals surface area contributed by atoms with E-state index in [0.717, 1.165) is 61.8 Å². The van der Waals surface area contributed by atoms with Crippen molar-refractivity contribution in [3.05, 3.63) is 95.1 Å². The van der Waals surface area contributed by atoms with Crippen LogP contribution in [-0.2, 0) is 40.0 Å². The van der Waals surface area contributed by atoms with Gasteiger partial charge >= 0.3 is 5.97 Å². The van der Waals surface area contributed by atoms with Crippen molar-refractivity contribution < 1.29 is 26.8 Å². The smallest absolute Gasteiger partial charge is 0.335 e. The molecule has 2 aliphatic rings. The maximum Gasteiger partial charge on any atom is 0.335 e. The summed E-state index contributed by atoms with van der Waals surface area (Å²) >= 11 is 0. The topological polar surface area (TPSA) is 109 Å². The fourth-order valence-electron chi connectivity index (χ4n) is 5.13. The summed E-state index contributed by atoms with van der Waals surface area (Å²) in [4.78, 5) is 35.9. The minimum absolute atomic E-state index is 0.0440. The molecule has 0 atom stereocenters. The normalized spacial score (nSPS) is 13.2. The highest BCUT2D eigenvalue weighted by Crippen LogP contribution is 2.31. The van der Waals surface area contributed by atoms with Gasteiger partial charge in [0, 0.05) is 75.7 Å². The molecule has 10 nitrogen and oxygen atoms in total. The SMILES string of the molecule is CNC(=O)c1ccc2c(c1)N(Cc1cn(C)cn1)CC2.Cn1cnc(CN2CCc3ccc(C(=O)O)cc32)c1.FF.[2H][2H]. The average molecular weight is 570 g/mol. The largest absolute Gasteiger partial charge is 0.478 e. The van der Waals surface area contributed by atoms with Crippen LogP contribution in [0.3, 0.4) is 0 Å². The van der Waals surface area contributed by atoms with Crippen molar-refractivity contribution >= 4 is 23.3 Å². The molecule has 41 heavy (non-hydrogen) atoms. The van der Waals surface area contributed by atoms with Gasteiger partial charge in [0.15, 0.2) is 0 Å². The van der Waals surface area contributed by atoms with Crippen LogP contribution in [0.25, 0.3) is 0 Å². The lowest BCUT2D eigenvalue weighted by atomic mass is 10.1. The number of hydrogen-bond donors (Lipinski definition) is 2. The summed E-state index contributed by atoms with van der Waals surface area (Å²) in [7, 11) is 5.57. The van der Waals surface area contributed by atoms with Gasteiger partial charge in [-0.1, -0.05) is 12.1 Å². The van der Waals surface area contributed by atoms with Gasteiger partial charge in [-0.2, -0.15) is 0 Å². The molecule has 12 heteroatoms. The first-order chi connectivity index (χ1) is 20.8. The second kappa shape index (κ2) is 13.1.